The van der Waals surface area contributed by atoms with E-state index in [2.05, 4.69) is 105 Å². The maximum Gasteiger partial charge on any atom is 0.472 e. The Labute approximate surface area is 366 Å². The minimum absolute atomic E-state index is 0.0133. The number of aliphatic hydroxyl groups is 2. The van der Waals surface area contributed by atoms with Crippen LogP contribution in [-0.4, -0.2) is 66.3 Å². The Kier molecular flexibility index (Phi) is 43.9. The Morgan fingerprint density at radius 3 is 1.43 bits per heavy atom. The zero-order valence-corrected chi connectivity index (χ0v) is 38.5. The molecule has 0 fully saturated rings. The molecule has 60 heavy (non-hydrogen) atoms. The average molecular weight is 861 g/mol. The lowest BCUT2D eigenvalue weighted by Gasteiger charge is -2.20. The topological polar surface area (TPSA) is 132 Å². The Hall–Kier alpha value is -2.62. The van der Waals surface area contributed by atoms with Crippen LogP contribution in [0.4, 0.5) is 0 Å². The van der Waals surface area contributed by atoms with Crippen molar-refractivity contribution in [1.29, 1.82) is 0 Å². The molecule has 0 aromatic carbocycles. The van der Waals surface area contributed by atoms with Crippen molar-refractivity contribution in [3.63, 3.8) is 0 Å². The molecule has 0 radical (unpaired) electrons. The van der Waals surface area contributed by atoms with Gasteiger partial charge in [-0.15, -0.1) is 0 Å². The molecule has 10 heteroatoms. The van der Waals surface area contributed by atoms with Gasteiger partial charge >= 0.3 is 13.8 Å². The van der Waals surface area contributed by atoms with Crippen molar-refractivity contribution in [2.75, 3.05) is 33.0 Å². The number of carbonyl (C=O) groups excluding carboxylic acids is 1. The van der Waals surface area contributed by atoms with Crippen LogP contribution in [0.3, 0.4) is 0 Å². The third-order valence-electron chi connectivity index (χ3n) is 9.25. The second kappa shape index (κ2) is 45.9. The van der Waals surface area contributed by atoms with E-state index in [9.17, 15) is 19.4 Å². The number of hydrogen-bond donors (Lipinski definition) is 3. The van der Waals surface area contributed by atoms with Crippen molar-refractivity contribution in [3.8, 4) is 0 Å². The van der Waals surface area contributed by atoms with Gasteiger partial charge in [-0.1, -0.05) is 169 Å². The van der Waals surface area contributed by atoms with Crippen LogP contribution in [0, 0.1) is 0 Å². The molecule has 0 amide bonds. The minimum atomic E-state index is -4.55. The molecule has 0 aromatic heterocycles. The molecule has 0 aliphatic rings. The first-order valence-corrected chi connectivity index (χ1v) is 24.7. The zero-order valence-electron chi connectivity index (χ0n) is 37.6. The van der Waals surface area contributed by atoms with Gasteiger partial charge in [0.25, 0.3) is 0 Å². The highest BCUT2D eigenvalue weighted by molar-refractivity contribution is 7.47. The molecule has 344 valence electrons. The highest BCUT2D eigenvalue weighted by Gasteiger charge is 2.26. The summed E-state index contributed by atoms with van der Waals surface area (Å²) in [4.78, 5) is 22.6. The number of phosphoric ester groups is 1. The second-order valence-electron chi connectivity index (χ2n) is 15.0. The van der Waals surface area contributed by atoms with Crippen molar-refractivity contribution >= 4 is 13.8 Å². The molecule has 0 bridgehead atoms. The van der Waals surface area contributed by atoms with Gasteiger partial charge in [0.15, 0.2) is 0 Å². The molecule has 3 atom stereocenters. The van der Waals surface area contributed by atoms with E-state index >= 15 is 0 Å². The van der Waals surface area contributed by atoms with E-state index in [1.165, 1.54) is 64.2 Å². The normalized spacial score (nSPS) is 14.8. The fraction of sp³-hybridized carbons (Fsp3) is 0.660. The van der Waals surface area contributed by atoms with Crippen molar-refractivity contribution in [3.05, 3.63) is 97.2 Å². The molecule has 0 spiro atoms. The summed E-state index contributed by atoms with van der Waals surface area (Å²) in [6.07, 6.45) is 58.0. The van der Waals surface area contributed by atoms with Crippen LogP contribution >= 0.6 is 7.82 Å². The summed E-state index contributed by atoms with van der Waals surface area (Å²) in [7, 11) is -4.55. The van der Waals surface area contributed by atoms with Crippen molar-refractivity contribution < 1.29 is 43.0 Å². The first-order valence-electron chi connectivity index (χ1n) is 23.2. The van der Waals surface area contributed by atoms with Crippen LogP contribution in [0.2, 0.25) is 0 Å². The largest absolute Gasteiger partial charge is 0.472 e. The molecular formula is C50H85O9P. The van der Waals surface area contributed by atoms with Gasteiger partial charge in [0.2, 0.25) is 0 Å². The third kappa shape index (κ3) is 44.9. The number of rotatable bonds is 43. The molecule has 0 rings (SSSR count). The van der Waals surface area contributed by atoms with E-state index in [4.69, 9.17) is 23.6 Å². The summed E-state index contributed by atoms with van der Waals surface area (Å²) in [5.74, 6) is -0.446. The SMILES string of the molecule is CC/C=C\C/C=C\C/C=C\C/C=C\C/C=C\CCCC(=O)OC(COCCCCCCCCC/C=C\C/C=C\C/C=C\CCCCCCC)COP(=O)(O)OCC(O)CO. The van der Waals surface area contributed by atoms with Gasteiger partial charge in [0, 0.05) is 13.0 Å². The molecule has 3 unspecified atom stereocenters. The molecule has 0 aliphatic heterocycles. The van der Waals surface area contributed by atoms with E-state index in [0.717, 1.165) is 77.0 Å². The lowest BCUT2D eigenvalue weighted by Crippen LogP contribution is -2.29. The van der Waals surface area contributed by atoms with Crippen LogP contribution in [0.15, 0.2) is 97.2 Å². The summed E-state index contributed by atoms with van der Waals surface area (Å²) in [6, 6.07) is 0. The van der Waals surface area contributed by atoms with Gasteiger partial charge in [-0.05, 0) is 89.9 Å². The quantitative estimate of drug-likeness (QED) is 0.0237. The molecular weight excluding hydrogens is 776 g/mol. The molecule has 0 aliphatic carbocycles. The van der Waals surface area contributed by atoms with Gasteiger partial charge in [-0.2, -0.15) is 0 Å². The summed E-state index contributed by atoms with van der Waals surface area (Å²) in [6.45, 7) is 3.27. The number of unbranched alkanes of at least 4 members (excludes halogenated alkanes) is 13. The average Bonchev–Trinajstić information content (AvgIpc) is 3.24. The van der Waals surface area contributed by atoms with Gasteiger partial charge in [0.05, 0.1) is 26.4 Å². The van der Waals surface area contributed by atoms with Gasteiger partial charge in [-0.3, -0.25) is 13.8 Å². The summed E-state index contributed by atoms with van der Waals surface area (Å²) < 4.78 is 33.4. The van der Waals surface area contributed by atoms with Crippen LogP contribution in [0.5, 0.6) is 0 Å². The summed E-state index contributed by atoms with van der Waals surface area (Å²) in [5, 5.41) is 18.4. The van der Waals surface area contributed by atoms with Gasteiger partial charge in [-0.25, -0.2) is 4.57 Å². The molecule has 0 saturated heterocycles. The predicted molar refractivity (Wildman–Crippen MR) is 251 cm³/mol. The Bertz CT molecular complexity index is 1250. The smallest absolute Gasteiger partial charge is 0.457 e. The number of hydrogen-bond acceptors (Lipinski definition) is 8. The maximum atomic E-state index is 12.6. The van der Waals surface area contributed by atoms with Crippen LogP contribution in [-0.2, 0) is 27.9 Å². The van der Waals surface area contributed by atoms with Crippen LogP contribution in [0.1, 0.15) is 168 Å². The van der Waals surface area contributed by atoms with Crippen molar-refractivity contribution in [1.82, 2.24) is 0 Å². The number of aliphatic hydroxyl groups excluding tert-OH is 2. The Balaban J connectivity index is 4.26. The number of ether oxygens (including phenoxy) is 2. The lowest BCUT2D eigenvalue weighted by atomic mass is 10.1. The molecule has 0 heterocycles. The van der Waals surface area contributed by atoms with Crippen molar-refractivity contribution in [2.45, 2.75) is 180 Å². The lowest BCUT2D eigenvalue weighted by molar-refractivity contribution is -0.154. The highest BCUT2D eigenvalue weighted by atomic mass is 31.2. The fourth-order valence-corrected chi connectivity index (χ4v) is 6.54. The number of carbonyl (C=O) groups is 1. The van der Waals surface area contributed by atoms with Crippen LogP contribution in [0.25, 0.3) is 0 Å². The standard InChI is InChI=1S/C50H85O9P/c1-3-5-7-9-11-13-15-17-19-21-22-23-24-25-27-29-31-33-35-37-39-41-43-56-46-49(47-58-60(54,55)57-45-48(52)44-51)59-50(53)42-40-38-36-34-32-30-28-26-20-18-16-14-12-10-8-6-4-2/h6,8,12,14-15,17-18,20-22,24-25,28,30,34,36,48-49,51-52H,3-5,7,9-11,13,16,19,23,26-27,29,31-33,35,37-47H2,1-2H3,(H,54,55)/b8-6-,14-12-,17-15-,20-18-,22-21-,25-24-,30-28-,36-34-. The number of phosphoric acid groups is 1. The molecule has 9 nitrogen and oxygen atoms in total. The highest BCUT2D eigenvalue weighted by Crippen LogP contribution is 2.43. The Morgan fingerprint density at radius 1 is 0.533 bits per heavy atom. The third-order valence-corrected chi connectivity index (χ3v) is 10.2. The van der Waals surface area contributed by atoms with E-state index in [0.29, 0.717) is 13.0 Å². The first-order chi connectivity index (χ1) is 29.3. The first kappa shape index (κ1) is 57.4. The fourth-order valence-electron chi connectivity index (χ4n) is 5.75. The number of allylic oxidation sites excluding steroid dienone is 16. The van der Waals surface area contributed by atoms with E-state index in [1.807, 2.05) is 6.08 Å². The molecule has 0 aromatic rings. The second-order valence-corrected chi connectivity index (χ2v) is 16.5. The van der Waals surface area contributed by atoms with Crippen LogP contribution < -0.4 is 0 Å². The predicted octanol–water partition coefficient (Wildman–Crippen LogP) is 13.3. The molecule has 3 N–H and O–H groups in total. The summed E-state index contributed by atoms with van der Waals surface area (Å²) in [5.41, 5.74) is 0. The number of esters is 1. The van der Waals surface area contributed by atoms with Crippen molar-refractivity contribution in [2.24, 2.45) is 0 Å². The monoisotopic (exact) mass is 861 g/mol. The van der Waals surface area contributed by atoms with E-state index in [-0.39, 0.29) is 13.0 Å². The minimum Gasteiger partial charge on any atom is -0.457 e. The van der Waals surface area contributed by atoms with Gasteiger partial charge in [0.1, 0.15) is 12.2 Å². The molecule has 0 saturated carbocycles. The van der Waals surface area contributed by atoms with E-state index < -0.39 is 45.8 Å². The van der Waals surface area contributed by atoms with Gasteiger partial charge < -0.3 is 24.6 Å². The zero-order chi connectivity index (χ0) is 43.9. The maximum absolute atomic E-state index is 12.6. The summed E-state index contributed by atoms with van der Waals surface area (Å²) >= 11 is 0. The van der Waals surface area contributed by atoms with E-state index in [1.54, 1.807) is 0 Å². The Morgan fingerprint density at radius 2 is 0.950 bits per heavy atom.